The Kier molecular flexibility index (Phi) is 4.54. The summed E-state index contributed by atoms with van der Waals surface area (Å²) in [5, 5.41) is 21.3. The number of aliphatic hydroxyl groups excluding tert-OH is 1. The standard InChI is InChI=1S/C24H30N2O3/c1-2-24(11-15-7-8-17(23(28)29)16(9-15)12-24)22(27)10-20-18-5-3-4-6-19(18)21-13-25-14-26(20)21/h3-6,13-17,20,22,27H,2,7-12H2,1H3,(H,28,29)/t15?,16?,17-,20?,22?,24?/m1/s1. The number of benzene rings is 1. The highest BCUT2D eigenvalue weighted by Crippen LogP contribution is 2.55. The predicted octanol–water partition coefficient (Wildman–Crippen LogP) is 4.51. The highest BCUT2D eigenvalue weighted by molar-refractivity contribution is 5.70. The second kappa shape index (κ2) is 6.98. The Balaban J connectivity index is 1.43. The molecule has 2 saturated carbocycles. The molecule has 1 aromatic carbocycles. The maximum absolute atomic E-state index is 11.8. The van der Waals surface area contributed by atoms with Gasteiger partial charge in [0.1, 0.15) is 0 Å². The smallest absolute Gasteiger partial charge is 0.306 e. The molecule has 0 radical (unpaired) electrons. The first-order valence-electron chi connectivity index (χ1n) is 11.0. The van der Waals surface area contributed by atoms with Gasteiger partial charge in [0.2, 0.25) is 0 Å². The van der Waals surface area contributed by atoms with Crippen LogP contribution in [0.4, 0.5) is 0 Å². The van der Waals surface area contributed by atoms with Gasteiger partial charge in [0, 0.05) is 5.56 Å². The molecule has 1 aromatic heterocycles. The Hall–Kier alpha value is -2.14. The van der Waals surface area contributed by atoms with Crippen molar-refractivity contribution in [3.63, 3.8) is 0 Å². The van der Waals surface area contributed by atoms with Crippen LogP contribution in [0.5, 0.6) is 0 Å². The molecule has 0 saturated heterocycles. The van der Waals surface area contributed by atoms with Crippen molar-refractivity contribution in [2.45, 2.75) is 64.0 Å². The lowest BCUT2D eigenvalue weighted by molar-refractivity contribution is -0.150. The summed E-state index contributed by atoms with van der Waals surface area (Å²) < 4.78 is 2.20. The lowest BCUT2D eigenvalue weighted by Gasteiger charge is -2.51. The van der Waals surface area contributed by atoms with Gasteiger partial charge < -0.3 is 14.8 Å². The second-order valence-corrected chi connectivity index (χ2v) is 9.55. The number of carboxylic acid groups (broad SMARTS) is 1. The number of aromatic nitrogens is 2. The predicted molar refractivity (Wildman–Crippen MR) is 110 cm³/mol. The van der Waals surface area contributed by atoms with Crippen LogP contribution >= 0.6 is 0 Å². The monoisotopic (exact) mass is 394 g/mol. The summed E-state index contributed by atoms with van der Waals surface area (Å²) in [4.78, 5) is 16.1. The van der Waals surface area contributed by atoms with Crippen LogP contribution in [-0.2, 0) is 4.79 Å². The van der Waals surface area contributed by atoms with Gasteiger partial charge in [-0.1, -0.05) is 31.2 Å². The van der Waals surface area contributed by atoms with Crippen molar-refractivity contribution in [3.8, 4) is 11.3 Å². The lowest BCUT2D eigenvalue weighted by atomic mass is 9.55. The molecule has 2 heterocycles. The van der Waals surface area contributed by atoms with Gasteiger partial charge in [-0.2, -0.15) is 0 Å². The number of nitrogens with zero attached hydrogens (tertiary/aromatic N) is 2. The molecule has 29 heavy (non-hydrogen) atoms. The number of fused-ring (bicyclic) bond motifs is 5. The van der Waals surface area contributed by atoms with E-state index in [1.807, 2.05) is 12.5 Å². The van der Waals surface area contributed by atoms with Crippen molar-refractivity contribution < 1.29 is 15.0 Å². The highest BCUT2D eigenvalue weighted by atomic mass is 16.4. The van der Waals surface area contributed by atoms with Crippen molar-refractivity contribution >= 4 is 5.97 Å². The molecule has 5 rings (SSSR count). The summed E-state index contributed by atoms with van der Waals surface area (Å²) in [6.07, 6.45) is 9.56. The molecule has 3 aliphatic rings. The largest absolute Gasteiger partial charge is 0.481 e. The fourth-order valence-electron chi connectivity index (χ4n) is 6.71. The summed E-state index contributed by atoms with van der Waals surface area (Å²) in [6, 6.07) is 8.51. The molecule has 6 atom stereocenters. The Morgan fingerprint density at radius 1 is 1.31 bits per heavy atom. The van der Waals surface area contributed by atoms with Crippen molar-refractivity contribution in [2.75, 3.05) is 0 Å². The van der Waals surface area contributed by atoms with Crippen LogP contribution in [0.1, 0.15) is 63.5 Å². The second-order valence-electron chi connectivity index (χ2n) is 9.55. The summed E-state index contributed by atoms with van der Waals surface area (Å²) in [7, 11) is 0. The molecule has 1 aliphatic heterocycles. The Morgan fingerprint density at radius 2 is 2.14 bits per heavy atom. The van der Waals surface area contributed by atoms with E-state index in [0.29, 0.717) is 12.3 Å². The average Bonchev–Trinajstić information content (AvgIpc) is 3.30. The maximum atomic E-state index is 11.8. The Bertz CT molecular complexity index is 922. The summed E-state index contributed by atoms with van der Waals surface area (Å²) in [5.74, 6) is -0.132. The Labute approximate surface area is 171 Å². The minimum absolute atomic E-state index is 0.0964. The SMILES string of the molecule is CCC1(C(O)CC2c3ccccc3-c3cncn32)CC2CC[C@@H](C(=O)O)C(C2)C1. The molecule has 5 heteroatoms. The van der Waals surface area contributed by atoms with Gasteiger partial charge in [-0.25, -0.2) is 4.98 Å². The van der Waals surface area contributed by atoms with Gasteiger partial charge in [0.05, 0.1) is 36.3 Å². The molecule has 154 valence electrons. The minimum Gasteiger partial charge on any atom is -0.481 e. The van der Waals surface area contributed by atoms with Crippen molar-refractivity contribution in [1.82, 2.24) is 9.55 Å². The van der Waals surface area contributed by atoms with Gasteiger partial charge in [0.25, 0.3) is 0 Å². The first-order chi connectivity index (χ1) is 14.0. The molecule has 2 aromatic rings. The quantitative estimate of drug-likeness (QED) is 0.782. The van der Waals surface area contributed by atoms with Crippen LogP contribution in [-0.4, -0.2) is 31.8 Å². The zero-order valence-corrected chi connectivity index (χ0v) is 17.0. The maximum Gasteiger partial charge on any atom is 0.306 e. The van der Waals surface area contributed by atoms with Crippen LogP contribution in [0.25, 0.3) is 11.3 Å². The fraction of sp³-hybridized carbons (Fsp3) is 0.583. The van der Waals surface area contributed by atoms with Crippen LogP contribution in [0, 0.1) is 23.2 Å². The molecular weight excluding hydrogens is 364 g/mol. The summed E-state index contributed by atoms with van der Waals surface area (Å²) in [5.41, 5.74) is 3.41. The number of carbonyl (C=O) groups is 1. The number of aliphatic hydroxyl groups is 1. The van der Waals surface area contributed by atoms with E-state index in [9.17, 15) is 15.0 Å². The number of hydrogen-bond acceptors (Lipinski definition) is 3. The zero-order valence-electron chi connectivity index (χ0n) is 17.0. The highest BCUT2D eigenvalue weighted by Gasteiger charge is 2.50. The van der Waals surface area contributed by atoms with Gasteiger partial charge in [0.15, 0.2) is 0 Å². The molecule has 5 unspecified atom stereocenters. The molecule has 0 spiro atoms. The van der Waals surface area contributed by atoms with E-state index in [0.717, 1.165) is 44.2 Å². The number of aliphatic carboxylic acids is 1. The molecule has 2 bridgehead atoms. The van der Waals surface area contributed by atoms with E-state index in [1.165, 1.54) is 11.1 Å². The van der Waals surface area contributed by atoms with Gasteiger partial charge >= 0.3 is 5.97 Å². The number of imidazole rings is 1. The van der Waals surface area contributed by atoms with E-state index >= 15 is 0 Å². The Morgan fingerprint density at radius 3 is 2.93 bits per heavy atom. The number of hydrogen-bond donors (Lipinski definition) is 2. The van der Waals surface area contributed by atoms with E-state index in [-0.39, 0.29) is 23.3 Å². The minimum atomic E-state index is -0.650. The van der Waals surface area contributed by atoms with Crippen LogP contribution < -0.4 is 0 Å². The number of carboxylic acids is 1. The van der Waals surface area contributed by atoms with E-state index < -0.39 is 12.1 Å². The van der Waals surface area contributed by atoms with Gasteiger partial charge in [-0.15, -0.1) is 0 Å². The van der Waals surface area contributed by atoms with Crippen molar-refractivity contribution in [2.24, 2.45) is 23.2 Å². The molecule has 2 N–H and O–H groups in total. The van der Waals surface area contributed by atoms with Crippen LogP contribution in [0.15, 0.2) is 36.8 Å². The fourth-order valence-corrected chi connectivity index (χ4v) is 6.71. The molecule has 2 fully saturated rings. The third-order valence-electron chi connectivity index (χ3n) is 8.23. The normalized spacial score (nSPS) is 33.7. The van der Waals surface area contributed by atoms with Crippen molar-refractivity contribution in [1.29, 1.82) is 0 Å². The molecule has 0 amide bonds. The average molecular weight is 395 g/mol. The van der Waals surface area contributed by atoms with Crippen molar-refractivity contribution in [3.05, 3.63) is 42.4 Å². The topological polar surface area (TPSA) is 75.4 Å². The van der Waals surface area contributed by atoms with Gasteiger partial charge in [-0.3, -0.25) is 4.79 Å². The first kappa shape index (κ1) is 18.9. The molecular formula is C24H30N2O3. The third-order valence-corrected chi connectivity index (χ3v) is 8.23. The van der Waals surface area contributed by atoms with E-state index in [4.69, 9.17) is 0 Å². The lowest BCUT2D eigenvalue weighted by Crippen LogP contribution is -2.47. The van der Waals surface area contributed by atoms with E-state index in [1.54, 1.807) is 0 Å². The zero-order chi connectivity index (χ0) is 20.2. The first-order valence-corrected chi connectivity index (χ1v) is 11.0. The van der Waals surface area contributed by atoms with Gasteiger partial charge in [-0.05, 0) is 67.8 Å². The third kappa shape index (κ3) is 2.93. The summed E-state index contributed by atoms with van der Waals surface area (Å²) >= 11 is 0. The molecule has 2 aliphatic carbocycles. The summed E-state index contributed by atoms with van der Waals surface area (Å²) in [6.45, 7) is 2.17. The van der Waals surface area contributed by atoms with E-state index in [2.05, 4.69) is 40.7 Å². The van der Waals surface area contributed by atoms with Crippen LogP contribution in [0.3, 0.4) is 0 Å². The number of rotatable bonds is 5. The molecule has 5 nitrogen and oxygen atoms in total. The van der Waals surface area contributed by atoms with Crippen LogP contribution in [0.2, 0.25) is 0 Å².